The lowest BCUT2D eigenvalue weighted by atomic mass is 9.86. The molecular formula is C17H32N2O2. The van der Waals surface area contributed by atoms with Crippen LogP contribution in [-0.4, -0.2) is 62.1 Å². The molecule has 1 amide bonds. The van der Waals surface area contributed by atoms with Crippen molar-refractivity contribution >= 4 is 5.91 Å². The van der Waals surface area contributed by atoms with Crippen molar-refractivity contribution in [2.45, 2.75) is 57.5 Å². The highest BCUT2D eigenvalue weighted by molar-refractivity contribution is 5.76. The maximum Gasteiger partial charge on any atom is 0.222 e. The first kappa shape index (κ1) is 16.8. The molecule has 0 radical (unpaired) electrons. The van der Waals surface area contributed by atoms with Crippen LogP contribution in [0.15, 0.2) is 0 Å². The monoisotopic (exact) mass is 296 g/mol. The maximum absolute atomic E-state index is 12.4. The van der Waals surface area contributed by atoms with Gasteiger partial charge in [-0.25, -0.2) is 0 Å². The van der Waals surface area contributed by atoms with Crippen LogP contribution in [0.2, 0.25) is 0 Å². The van der Waals surface area contributed by atoms with Gasteiger partial charge in [-0.05, 0) is 32.9 Å². The Morgan fingerprint density at radius 3 is 2.67 bits per heavy atom. The zero-order chi connectivity index (χ0) is 15.1. The molecule has 1 heterocycles. The summed E-state index contributed by atoms with van der Waals surface area (Å²) < 4.78 is 5.78. The Morgan fingerprint density at radius 1 is 1.19 bits per heavy atom. The lowest BCUT2D eigenvalue weighted by molar-refractivity contribution is -0.139. The molecule has 4 nitrogen and oxygen atoms in total. The van der Waals surface area contributed by atoms with Crippen molar-refractivity contribution < 1.29 is 9.53 Å². The molecule has 0 bridgehead atoms. The van der Waals surface area contributed by atoms with Gasteiger partial charge in [-0.1, -0.05) is 32.1 Å². The van der Waals surface area contributed by atoms with Gasteiger partial charge in [0.15, 0.2) is 0 Å². The lowest BCUT2D eigenvalue weighted by Crippen LogP contribution is -2.46. The third-order valence-electron chi connectivity index (χ3n) is 4.88. The second-order valence-corrected chi connectivity index (χ2v) is 6.97. The standard InChI is InChI=1S/C17H32N2O2/c1-18(2)11-10-16-14-19(12-13-21-16)17(20)9-8-15-6-4-3-5-7-15/h15-16H,3-14H2,1-2H3/t16-/m0/s1. The molecule has 4 heteroatoms. The molecule has 122 valence electrons. The Balaban J connectivity index is 1.68. The largest absolute Gasteiger partial charge is 0.374 e. The summed E-state index contributed by atoms with van der Waals surface area (Å²) in [5.41, 5.74) is 0. The molecule has 0 aromatic heterocycles. The van der Waals surface area contributed by atoms with Crippen LogP contribution in [0.3, 0.4) is 0 Å². The summed E-state index contributed by atoms with van der Waals surface area (Å²) in [5, 5.41) is 0. The van der Waals surface area contributed by atoms with Crippen LogP contribution < -0.4 is 0 Å². The highest BCUT2D eigenvalue weighted by atomic mass is 16.5. The molecule has 1 saturated carbocycles. The zero-order valence-corrected chi connectivity index (χ0v) is 13.9. The summed E-state index contributed by atoms with van der Waals surface area (Å²) in [4.78, 5) is 16.6. The molecule has 1 saturated heterocycles. The summed E-state index contributed by atoms with van der Waals surface area (Å²) in [7, 11) is 4.16. The molecule has 0 aromatic rings. The van der Waals surface area contributed by atoms with Gasteiger partial charge in [0.2, 0.25) is 5.91 Å². The molecule has 1 aliphatic carbocycles. The number of hydrogen-bond acceptors (Lipinski definition) is 3. The van der Waals surface area contributed by atoms with Crippen molar-refractivity contribution in [2.75, 3.05) is 40.3 Å². The molecule has 1 atom stereocenters. The van der Waals surface area contributed by atoms with Crippen molar-refractivity contribution in [1.29, 1.82) is 0 Å². The molecule has 2 rings (SSSR count). The fraction of sp³-hybridized carbons (Fsp3) is 0.941. The van der Waals surface area contributed by atoms with Crippen molar-refractivity contribution in [2.24, 2.45) is 5.92 Å². The number of carbonyl (C=O) groups excluding carboxylic acids is 1. The van der Waals surface area contributed by atoms with Crippen molar-refractivity contribution in [3.05, 3.63) is 0 Å². The predicted molar refractivity (Wildman–Crippen MR) is 85.3 cm³/mol. The quantitative estimate of drug-likeness (QED) is 0.755. The molecule has 0 aromatic carbocycles. The molecule has 0 unspecified atom stereocenters. The van der Waals surface area contributed by atoms with E-state index in [1.54, 1.807) is 0 Å². The van der Waals surface area contributed by atoms with Crippen LogP contribution in [0.1, 0.15) is 51.4 Å². The third-order valence-corrected chi connectivity index (χ3v) is 4.88. The Kier molecular flexibility index (Phi) is 6.97. The highest BCUT2D eigenvalue weighted by Gasteiger charge is 2.24. The van der Waals surface area contributed by atoms with E-state index in [9.17, 15) is 4.79 Å². The SMILES string of the molecule is CN(C)CC[C@H]1CN(C(=O)CCC2CCCCC2)CCO1. The van der Waals surface area contributed by atoms with Gasteiger partial charge in [0.1, 0.15) is 0 Å². The molecule has 0 N–H and O–H groups in total. The van der Waals surface area contributed by atoms with E-state index < -0.39 is 0 Å². The van der Waals surface area contributed by atoms with Crippen molar-refractivity contribution in [1.82, 2.24) is 9.80 Å². The van der Waals surface area contributed by atoms with Gasteiger partial charge in [0, 0.05) is 26.1 Å². The van der Waals surface area contributed by atoms with Crippen LogP contribution in [0.25, 0.3) is 0 Å². The lowest BCUT2D eigenvalue weighted by Gasteiger charge is -2.34. The van der Waals surface area contributed by atoms with Gasteiger partial charge in [-0.2, -0.15) is 0 Å². The molecule has 2 fully saturated rings. The van der Waals surface area contributed by atoms with E-state index in [-0.39, 0.29) is 6.10 Å². The fourth-order valence-corrected chi connectivity index (χ4v) is 3.48. The van der Waals surface area contributed by atoms with E-state index in [0.29, 0.717) is 12.5 Å². The highest BCUT2D eigenvalue weighted by Crippen LogP contribution is 2.27. The average molecular weight is 296 g/mol. The topological polar surface area (TPSA) is 32.8 Å². The number of amides is 1. The molecule has 1 aliphatic heterocycles. The number of hydrogen-bond donors (Lipinski definition) is 0. The molecule has 2 aliphatic rings. The minimum atomic E-state index is 0.222. The Hall–Kier alpha value is -0.610. The van der Waals surface area contributed by atoms with E-state index in [1.807, 2.05) is 4.90 Å². The number of carbonyl (C=O) groups is 1. The fourth-order valence-electron chi connectivity index (χ4n) is 3.48. The predicted octanol–water partition coefficient (Wildman–Crippen LogP) is 2.53. The van der Waals surface area contributed by atoms with Crippen LogP contribution >= 0.6 is 0 Å². The summed E-state index contributed by atoms with van der Waals surface area (Å²) in [6.45, 7) is 3.29. The van der Waals surface area contributed by atoms with Crippen molar-refractivity contribution in [3.63, 3.8) is 0 Å². The van der Waals surface area contributed by atoms with Gasteiger partial charge >= 0.3 is 0 Å². The number of rotatable bonds is 6. The normalized spacial score (nSPS) is 24.5. The first-order chi connectivity index (χ1) is 10.1. The second-order valence-electron chi connectivity index (χ2n) is 6.97. The maximum atomic E-state index is 12.4. The first-order valence-electron chi connectivity index (χ1n) is 8.69. The van der Waals surface area contributed by atoms with E-state index in [4.69, 9.17) is 4.74 Å². The Bertz CT molecular complexity index is 314. The number of nitrogens with zero attached hydrogens (tertiary/aromatic N) is 2. The van der Waals surface area contributed by atoms with Gasteiger partial charge in [0.25, 0.3) is 0 Å². The van der Waals surface area contributed by atoms with Gasteiger partial charge in [-0.3, -0.25) is 4.79 Å². The summed E-state index contributed by atoms with van der Waals surface area (Å²) in [6, 6.07) is 0. The van der Waals surface area contributed by atoms with Gasteiger partial charge in [0.05, 0.1) is 12.7 Å². The van der Waals surface area contributed by atoms with E-state index >= 15 is 0 Å². The second kappa shape index (κ2) is 8.74. The Labute approximate surface area is 129 Å². The average Bonchev–Trinajstić information content (AvgIpc) is 2.52. The van der Waals surface area contributed by atoms with Gasteiger partial charge < -0.3 is 14.5 Å². The number of ether oxygens (including phenoxy) is 1. The third kappa shape index (κ3) is 5.95. The van der Waals surface area contributed by atoms with Gasteiger partial charge in [-0.15, -0.1) is 0 Å². The van der Waals surface area contributed by atoms with E-state index in [1.165, 1.54) is 32.1 Å². The molecule has 0 spiro atoms. The summed E-state index contributed by atoms with van der Waals surface area (Å²) >= 11 is 0. The smallest absolute Gasteiger partial charge is 0.222 e. The molecular weight excluding hydrogens is 264 g/mol. The Morgan fingerprint density at radius 2 is 1.95 bits per heavy atom. The zero-order valence-electron chi connectivity index (χ0n) is 13.9. The summed E-state index contributed by atoms with van der Waals surface area (Å²) in [6.07, 6.45) is 9.86. The van der Waals surface area contributed by atoms with Crippen LogP contribution in [0, 0.1) is 5.92 Å². The van der Waals surface area contributed by atoms with E-state index in [2.05, 4.69) is 19.0 Å². The van der Waals surface area contributed by atoms with Crippen LogP contribution in [0.4, 0.5) is 0 Å². The molecule has 21 heavy (non-hydrogen) atoms. The van der Waals surface area contributed by atoms with Crippen molar-refractivity contribution in [3.8, 4) is 0 Å². The number of morpholine rings is 1. The van der Waals surface area contributed by atoms with Crippen LogP contribution in [0.5, 0.6) is 0 Å². The summed E-state index contributed by atoms with van der Waals surface area (Å²) in [5.74, 6) is 1.15. The van der Waals surface area contributed by atoms with Crippen LogP contribution in [-0.2, 0) is 9.53 Å². The van der Waals surface area contributed by atoms with E-state index in [0.717, 1.165) is 44.8 Å². The minimum absolute atomic E-state index is 0.222. The first-order valence-corrected chi connectivity index (χ1v) is 8.69. The minimum Gasteiger partial charge on any atom is -0.374 e.